The lowest BCUT2D eigenvalue weighted by molar-refractivity contribution is -0.180. The van der Waals surface area contributed by atoms with Crippen molar-refractivity contribution in [2.45, 2.75) is 64.6 Å². The van der Waals surface area contributed by atoms with Crippen LogP contribution in [0.2, 0.25) is 0 Å². The Morgan fingerprint density at radius 2 is 1.74 bits per heavy atom. The molecule has 38 heavy (non-hydrogen) atoms. The molecule has 0 spiro atoms. The Balaban J connectivity index is 0.00000507. The second kappa shape index (κ2) is 16.1. The van der Waals surface area contributed by atoms with Crippen LogP contribution in [0.5, 0.6) is 5.75 Å². The number of halogens is 1. The molecule has 0 radical (unpaired) electrons. The number of fused-ring (bicyclic) bond motifs is 1. The molecule has 0 bridgehead atoms. The van der Waals surface area contributed by atoms with Crippen molar-refractivity contribution in [2.75, 3.05) is 54.1 Å². The van der Waals surface area contributed by atoms with E-state index in [0.29, 0.717) is 33.0 Å². The molecule has 1 aliphatic rings. The minimum atomic E-state index is -0.603. The highest BCUT2D eigenvalue weighted by molar-refractivity contribution is 5.43. The first-order chi connectivity index (χ1) is 17.6. The average molecular weight is 643 g/mol. The van der Waals surface area contributed by atoms with Crippen LogP contribution < -0.4 is 38.5 Å². The van der Waals surface area contributed by atoms with Crippen LogP contribution in [0, 0.1) is 0 Å². The summed E-state index contributed by atoms with van der Waals surface area (Å²) in [5.41, 5.74) is 4.34. The van der Waals surface area contributed by atoms with Gasteiger partial charge in [0, 0.05) is 38.6 Å². The van der Waals surface area contributed by atoms with E-state index in [1.54, 1.807) is 0 Å². The number of hydrogen-bond donors (Lipinski definition) is 2. The van der Waals surface area contributed by atoms with Crippen LogP contribution in [0.15, 0.2) is 42.5 Å². The van der Waals surface area contributed by atoms with Gasteiger partial charge in [-0.25, -0.2) is 0 Å². The van der Waals surface area contributed by atoms with E-state index in [0.717, 1.165) is 60.2 Å². The number of unbranched alkanes of at least 4 members (excludes halogenated alkanes) is 3. The summed E-state index contributed by atoms with van der Waals surface area (Å²) < 4.78 is 23.8. The molecule has 2 N–H and O–H groups in total. The van der Waals surface area contributed by atoms with Gasteiger partial charge in [0.05, 0.1) is 53.7 Å². The summed E-state index contributed by atoms with van der Waals surface area (Å²) in [6.07, 6.45) is 3.89. The van der Waals surface area contributed by atoms with Gasteiger partial charge in [-0.2, -0.15) is 0 Å². The number of hydrogen-bond acceptors (Lipinski definition) is 6. The number of aliphatic hydroxyl groups is 1. The van der Waals surface area contributed by atoms with Gasteiger partial charge in [0.25, 0.3) is 0 Å². The Bertz CT molecular complexity index is 964. The number of ether oxygens (including phenoxy) is 4. The van der Waals surface area contributed by atoms with Crippen LogP contribution in [0.1, 0.15) is 62.3 Å². The summed E-state index contributed by atoms with van der Waals surface area (Å²) in [6.45, 7) is 8.37. The summed E-state index contributed by atoms with van der Waals surface area (Å²) in [5, 5.41) is 13.9. The van der Waals surface area contributed by atoms with Gasteiger partial charge in [-0.1, -0.05) is 31.0 Å². The van der Waals surface area contributed by atoms with Gasteiger partial charge in [-0.15, -0.1) is 0 Å². The normalized spacial score (nSPS) is 15.3. The van der Waals surface area contributed by atoms with Gasteiger partial charge in [-0.05, 0) is 48.7 Å². The molecule has 8 heteroatoms. The minimum Gasteiger partial charge on any atom is -1.00 e. The predicted molar refractivity (Wildman–Crippen MR) is 149 cm³/mol. The zero-order chi connectivity index (χ0) is 26.7. The molecular formula is C30H47IN2O5. The van der Waals surface area contributed by atoms with Gasteiger partial charge in [0.15, 0.2) is 0 Å². The molecule has 1 atom stereocenters. The van der Waals surface area contributed by atoms with E-state index in [2.05, 4.69) is 50.7 Å². The quantitative estimate of drug-likeness (QED) is 0.166. The SMILES string of the molecule is CC1(C)OCc2cc([C@@H](O)CNCCCCCCOCCOCc3cccc([N+](C)(C)C)c3)ccc2O1.[I-]. The predicted octanol–water partition coefficient (Wildman–Crippen LogP) is 1.95. The van der Waals surface area contributed by atoms with Crippen molar-refractivity contribution < 1.29 is 48.0 Å². The van der Waals surface area contributed by atoms with Crippen LogP contribution in [0.4, 0.5) is 5.69 Å². The number of nitrogens with one attached hydrogen (secondary N) is 1. The van der Waals surface area contributed by atoms with Crippen molar-refractivity contribution in [3.63, 3.8) is 0 Å². The van der Waals surface area contributed by atoms with Gasteiger partial charge in [0.2, 0.25) is 5.79 Å². The van der Waals surface area contributed by atoms with Gasteiger partial charge < -0.3 is 53.3 Å². The number of nitrogens with zero attached hydrogens (tertiary/aromatic N) is 1. The fraction of sp³-hybridized carbons (Fsp3) is 0.600. The first-order valence-electron chi connectivity index (χ1n) is 13.5. The topological polar surface area (TPSA) is 69.2 Å². The number of benzene rings is 2. The standard InChI is InChI=1S/C30H47N2O5.HI/c1-30(2)36-23-26-20-25(13-14-29(26)37-30)28(33)21-31-15-8-6-7-9-16-34-17-18-35-22-24-11-10-12-27(19-24)32(3,4)5;/h10-14,19-20,28,31,33H,6-9,15-18,21-23H2,1-5H3;1H/q+1;/p-1/t28-;/m0./s1. The molecule has 0 saturated heterocycles. The first-order valence-corrected chi connectivity index (χ1v) is 13.5. The maximum atomic E-state index is 10.5. The van der Waals surface area contributed by atoms with E-state index in [9.17, 15) is 5.11 Å². The third-order valence-corrected chi connectivity index (χ3v) is 6.46. The van der Waals surface area contributed by atoms with E-state index in [1.165, 1.54) is 11.3 Å². The lowest BCUT2D eigenvalue weighted by Gasteiger charge is -2.33. The van der Waals surface area contributed by atoms with Gasteiger partial charge in [-0.3, -0.25) is 4.48 Å². The minimum absolute atomic E-state index is 0. The van der Waals surface area contributed by atoms with Crippen LogP contribution in [0.3, 0.4) is 0 Å². The molecule has 0 aliphatic carbocycles. The number of aliphatic hydroxyl groups excluding tert-OH is 1. The molecule has 0 saturated carbocycles. The Hall–Kier alpha value is -1.27. The fourth-order valence-corrected chi connectivity index (χ4v) is 4.20. The van der Waals surface area contributed by atoms with Gasteiger partial charge in [0.1, 0.15) is 11.4 Å². The molecule has 1 heterocycles. The van der Waals surface area contributed by atoms with Crippen molar-refractivity contribution in [1.82, 2.24) is 9.80 Å². The second-order valence-corrected chi connectivity index (χ2v) is 11.1. The highest BCUT2D eigenvalue weighted by atomic mass is 127. The highest BCUT2D eigenvalue weighted by Crippen LogP contribution is 2.32. The molecule has 0 amide bonds. The lowest BCUT2D eigenvalue weighted by Crippen LogP contribution is -3.00. The largest absolute Gasteiger partial charge is 1.00 e. The average Bonchev–Trinajstić information content (AvgIpc) is 2.85. The fourth-order valence-electron chi connectivity index (χ4n) is 4.20. The Labute approximate surface area is 246 Å². The molecule has 2 aromatic rings. The van der Waals surface area contributed by atoms with Crippen LogP contribution in [0.25, 0.3) is 0 Å². The Kier molecular flexibility index (Phi) is 14.0. The van der Waals surface area contributed by atoms with E-state index in [1.807, 2.05) is 32.0 Å². The summed E-state index contributed by atoms with van der Waals surface area (Å²) in [6, 6.07) is 14.4. The maximum Gasteiger partial charge on any atom is 0.205 e. The van der Waals surface area contributed by atoms with Gasteiger partial charge >= 0.3 is 0 Å². The second-order valence-electron chi connectivity index (χ2n) is 11.1. The molecule has 0 fully saturated rings. The van der Waals surface area contributed by atoms with Crippen LogP contribution in [-0.4, -0.2) is 64.9 Å². The Morgan fingerprint density at radius 1 is 0.974 bits per heavy atom. The summed E-state index contributed by atoms with van der Waals surface area (Å²) in [4.78, 5) is 0. The zero-order valence-electron chi connectivity index (χ0n) is 23.8. The zero-order valence-corrected chi connectivity index (χ0v) is 26.0. The van der Waals surface area contributed by atoms with E-state index in [4.69, 9.17) is 18.9 Å². The van der Waals surface area contributed by atoms with Crippen molar-refractivity contribution >= 4 is 5.69 Å². The van der Waals surface area contributed by atoms with E-state index >= 15 is 0 Å². The highest BCUT2D eigenvalue weighted by Gasteiger charge is 2.27. The van der Waals surface area contributed by atoms with Crippen LogP contribution in [-0.2, 0) is 27.4 Å². The summed E-state index contributed by atoms with van der Waals surface area (Å²) in [7, 11) is 6.50. The van der Waals surface area contributed by atoms with Crippen molar-refractivity contribution in [2.24, 2.45) is 0 Å². The maximum absolute atomic E-state index is 10.5. The molecule has 1 aliphatic heterocycles. The molecule has 0 aromatic heterocycles. The van der Waals surface area contributed by atoms with Crippen LogP contribution >= 0.6 is 0 Å². The smallest absolute Gasteiger partial charge is 0.205 e. The van der Waals surface area contributed by atoms with E-state index in [-0.39, 0.29) is 24.0 Å². The third kappa shape index (κ3) is 11.5. The molecule has 0 unspecified atom stereocenters. The van der Waals surface area contributed by atoms with Crippen molar-refractivity contribution in [3.8, 4) is 5.75 Å². The molecular weight excluding hydrogens is 595 g/mol. The number of quaternary nitrogens is 1. The van der Waals surface area contributed by atoms with Crippen molar-refractivity contribution in [3.05, 3.63) is 59.2 Å². The molecule has 2 aromatic carbocycles. The monoisotopic (exact) mass is 642 g/mol. The molecule has 214 valence electrons. The third-order valence-electron chi connectivity index (χ3n) is 6.46. The summed E-state index contributed by atoms with van der Waals surface area (Å²) in [5.74, 6) is 0.229. The molecule has 3 rings (SSSR count). The van der Waals surface area contributed by atoms with Crippen molar-refractivity contribution in [1.29, 1.82) is 0 Å². The number of rotatable bonds is 16. The van der Waals surface area contributed by atoms with E-state index < -0.39 is 11.9 Å². The Morgan fingerprint density at radius 3 is 2.53 bits per heavy atom. The summed E-state index contributed by atoms with van der Waals surface area (Å²) >= 11 is 0. The first kappa shape index (κ1) is 32.9. The lowest BCUT2D eigenvalue weighted by atomic mass is 10.0. The molecule has 7 nitrogen and oxygen atoms in total.